The first-order valence-electron chi connectivity index (χ1n) is 5.73. The number of rotatable bonds is 3. The minimum atomic E-state index is -3.48. The minimum absolute atomic E-state index is 0.0783. The molecule has 0 spiro atoms. The quantitative estimate of drug-likeness (QED) is 0.875. The first-order valence-corrected chi connectivity index (χ1v) is 8.22. The summed E-state index contributed by atoms with van der Waals surface area (Å²) in [5, 5.41) is 0.364. The Morgan fingerprint density at radius 2 is 2.17 bits per heavy atom. The van der Waals surface area contributed by atoms with Crippen LogP contribution in [0.1, 0.15) is 13.3 Å². The predicted molar refractivity (Wildman–Crippen MR) is 71.7 cm³/mol. The average Bonchev–Trinajstić information content (AvgIpc) is 2.39. The van der Waals surface area contributed by atoms with E-state index in [4.69, 9.17) is 5.73 Å². The molecule has 1 saturated heterocycles. The normalized spacial score (nSPS) is 21.9. The van der Waals surface area contributed by atoms with Gasteiger partial charge in [-0.1, -0.05) is 6.92 Å². The molecule has 2 heterocycles. The van der Waals surface area contributed by atoms with Gasteiger partial charge in [-0.25, -0.2) is 18.4 Å². The Morgan fingerprint density at radius 1 is 1.50 bits per heavy atom. The predicted octanol–water partition coefficient (Wildman–Crippen LogP) is 0.575. The highest BCUT2D eigenvalue weighted by molar-refractivity contribution is 8.00. The molecule has 100 valence electrons. The smallest absolute Gasteiger partial charge is 0.246 e. The molecule has 8 heteroatoms. The lowest BCUT2D eigenvalue weighted by Gasteiger charge is -2.30. The van der Waals surface area contributed by atoms with Crippen molar-refractivity contribution in [3.8, 4) is 0 Å². The van der Waals surface area contributed by atoms with Gasteiger partial charge in [0.2, 0.25) is 16.0 Å². The number of anilines is 1. The van der Waals surface area contributed by atoms with E-state index < -0.39 is 10.0 Å². The maximum Gasteiger partial charge on any atom is 0.246 e. The lowest BCUT2D eigenvalue weighted by molar-refractivity contribution is 0.415. The van der Waals surface area contributed by atoms with Gasteiger partial charge in [0.25, 0.3) is 0 Å². The zero-order chi connectivity index (χ0) is 13.2. The SMILES string of the molecule is CCC1CN(S(=O)(=O)c2cnc(N)nc2)CCS1. The molecule has 1 aromatic rings. The third-order valence-corrected chi connectivity index (χ3v) is 6.03. The van der Waals surface area contributed by atoms with Gasteiger partial charge in [-0.2, -0.15) is 16.1 Å². The highest BCUT2D eigenvalue weighted by Gasteiger charge is 2.30. The second-order valence-corrected chi connectivity index (χ2v) is 7.39. The van der Waals surface area contributed by atoms with Gasteiger partial charge in [0.05, 0.1) is 12.4 Å². The van der Waals surface area contributed by atoms with Crippen molar-refractivity contribution >= 4 is 27.7 Å². The molecule has 1 aliphatic heterocycles. The lowest BCUT2D eigenvalue weighted by Crippen LogP contribution is -2.41. The Hall–Kier alpha value is -0.860. The van der Waals surface area contributed by atoms with E-state index in [0.29, 0.717) is 18.3 Å². The molecule has 1 unspecified atom stereocenters. The lowest BCUT2D eigenvalue weighted by atomic mass is 10.3. The monoisotopic (exact) mass is 288 g/mol. The van der Waals surface area contributed by atoms with Crippen molar-refractivity contribution in [2.75, 3.05) is 24.6 Å². The summed E-state index contributed by atoms with van der Waals surface area (Å²) < 4.78 is 26.2. The van der Waals surface area contributed by atoms with Gasteiger partial charge in [-0.3, -0.25) is 0 Å². The van der Waals surface area contributed by atoms with Gasteiger partial charge < -0.3 is 5.73 Å². The Labute approximate surface area is 111 Å². The number of sulfonamides is 1. The number of hydrogen-bond acceptors (Lipinski definition) is 6. The van der Waals surface area contributed by atoms with E-state index in [2.05, 4.69) is 16.9 Å². The fourth-order valence-electron chi connectivity index (χ4n) is 1.77. The number of thioether (sulfide) groups is 1. The van der Waals surface area contributed by atoms with Gasteiger partial charge in [-0.15, -0.1) is 0 Å². The minimum Gasteiger partial charge on any atom is -0.368 e. The van der Waals surface area contributed by atoms with Crippen LogP contribution in [-0.2, 0) is 10.0 Å². The zero-order valence-corrected chi connectivity index (χ0v) is 11.7. The van der Waals surface area contributed by atoms with Crippen molar-refractivity contribution in [3.05, 3.63) is 12.4 Å². The molecular weight excluding hydrogens is 272 g/mol. The molecule has 1 fully saturated rings. The van der Waals surface area contributed by atoms with E-state index in [0.717, 1.165) is 12.2 Å². The summed E-state index contributed by atoms with van der Waals surface area (Å²) in [5.41, 5.74) is 5.36. The number of aromatic nitrogens is 2. The molecular formula is C10H16N4O2S2. The molecule has 1 aliphatic rings. The molecule has 0 radical (unpaired) electrons. The summed E-state index contributed by atoms with van der Waals surface area (Å²) in [6, 6.07) is 0. The summed E-state index contributed by atoms with van der Waals surface area (Å²) in [6.45, 7) is 3.15. The number of nitrogens with two attached hydrogens (primary N) is 1. The summed E-state index contributed by atoms with van der Waals surface area (Å²) in [5.74, 6) is 0.905. The summed E-state index contributed by atoms with van der Waals surface area (Å²) in [7, 11) is -3.48. The van der Waals surface area contributed by atoms with Crippen LogP contribution in [0.3, 0.4) is 0 Å². The molecule has 0 amide bonds. The Balaban J connectivity index is 2.22. The average molecular weight is 288 g/mol. The van der Waals surface area contributed by atoms with E-state index >= 15 is 0 Å². The fourth-order valence-corrected chi connectivity index (χ4v) is 4.53. The second-order valence-electron chi connectivity index (χ2n) is 4.04. The molecule has 0 bridgehead atoms. The van der Waals surface area contributed by atoms with Crippen molar-refractivity contribution in [1.82, 2.24) is 14.3 Å². The third-order valence-electron chi connectivity index (χ3n) is 2.84. The molecule has 0 aliphatic carbocycles. The maximum absolute atomic E-state index is 12.4. The van der Waals surface area contributed by atoms with Crippen LogP contribution in [0.5, 0.6) is 0 Å². The van der Waals surface area contributed by atoms with E-state index in [1.807, 2.05) is 11.8 Å². The number of nitrogens with zero attached hydrogens (tertiary/aromatic N) is 3. The number of nitrogen functional groups attached to an aromatic ring is 1. The van der Waals surface area contributed by atoms with Crippen molar-refractivity contribution in [2.45, 2.75) is 23.5 Å². The van der Waals surface area contributed by atoms with Crippen LogP contribution < -0.4 is 5.73 Å². The maximum atomic E-state index is 12.4. The van der Waals surface area contributed by atoms with E-state index in [9.17, 15) is 8.42 Å². The molecule has 6 nitrogen and oxygen atoms in total. The summed E-state index contributed by atoms with van der Waals surface area (Å²) in [4.78, 5) is 7.58. The van der Waals surface area contributed by atoms with Crippen LogP contribution in [0.15, 0.2) is 17.3 Å². The van der Waals surface area contributed by atoms with Gasteiger partial charge in [0.15, 0.2) is 0 Å². The van der Waals surface area contributed by atoms with Crippen LogP contribution in [0.4, 0.5) is 5.95 Å². The molecule has 18 heavy (non-hydrogen) atoms. The largest absolute Gasteiger partial charge is 0.368 e. The summed E-state index contributed by atoms with van der Waals surface area (Å²) >= 11 is 1.82. The van der Waals surface area contributed by atoms with Crippen LogP contribution in [0.25, 0.3) is 0 Å². The van der Waals surface area contributed by atoms with Crippen LogP contribution >= 0.6 is 11.8 Å². The Kier molecular flexibility index (Phi) is 4.08. The second kappa shape index (κ2) is 5.41. The van der Waals surface area contributed by atoms with E-state index in [1.54, 1.807) is 0 Å². The Morgan fingerprint density at radius 3 is 2.78 bits per heavy atom. The third kappa shape index (κ3) is 2.76. The molecule has 1 aromatic heterocycles. The van der Waals surface area contributed by atoms with E-state index in [-0.39, 0.29) is 10.8 Å². The molecule has 0 aromatic carbocycles. The first-order chi connectivity index (χ1) is 8.54. The van der Waals surface area contributed by atoms with Gasteiger partial charge in [0, 0.05) is 24.1 Å². The molecule has 2 N–H and O–H groups in total. The van der Waals surface area contributed by atoms with Crippen molar-refractivity contribution < 1.29 is 8.42 Å². The summed E-state index contributed by atoms with van der Waals surface area (Å²) in [6.07, 6.45) is 3.50. The number of hydrogen-bond donors (Lipinski definition) is 1. The molecule has 1 atom stereocenters. The van der Waals surface area contributed by atoms with Gasteiger partial charge in [0.1, 0.15) is 4.90 Å². The van der Waals surface area contributed by atoms with Crippen molar-refractivity contribution in [1.29, 1.82) is 0 Å². The molecule has 2 rings (SSSR count). The Bertz CT molecular complexity index is 503. The van der Waals surface area contributed by atoms with Gasteiger partial charge >= 0.3 is 0 Å². The zero-order valence-electron chi connectivity index (χ0n) is 10.1. The van der Waals surface area contributed by atoms with Crippen LogP contribution in [-0.4, -0.2) is 46.8 Å². The fraction of sp³-hybridized carbons (Fsp3) is 0.600. The van der Waals surface area contributed by atoms with Gasteiger partial charge in [-0.05, 0) is 6.42 Å². The van der Waals surface area contributed by atoms with E-state index in [1.165, 1.54) is 16.7 Å². The standard InChI is InChI=1S/C10H16N4O2S2/c1-2-8-7-14(3-4-17-8)18(15,16)9-5-12-10(11)13-6-9/h5-6,8H,2-4,7H2,1H3,(H2,11,12,13). The first kappa shape index (κ1) is 13.6. The van der Waals surface area contributed by atoms with Crippen LogP contribution in [0, 0.1) is 0 Å². The topological polar surface area (TPSA) is 89.2 Å². The van der Waals surface area contributed by atoms with Crippen molar-refractivity contribution in [3.63, 3.8) is 0 Å². The molecule has 0 saturated carbocycles. The highest BCUT2D eigenvalue weighted by Crippen LogP contribution is 2.25. The van der Waals surface area contributed by atoms with Crippen LogP contribution in [0.2, 0.25) is 0 Å². The van der Waals surface area contributed by atoms with Crippen molar-refractivity contribution in [2.24, 2.45) is 0 Å². The highest BCUT2D eigenvalue weighted by atomic mass is 32.2.